The van der Waals surface area contributed by atoms with Crippen molar-refractivity contribution in [3.8, 4) is 0 Å². The van der Waals surface area contributed by atoms with E-state index in [1.807, 2.05) is 6.92 Å². The van der Waals surface area contributed by atoms with Crippen LogP contribution in [0.4, 0.5) is 5.82 Å². The summed E-state index contributed by atoms with van der Waals surface area (Å²) in [4.78, 5) is 23.5. The number of hydrogen-bond donors (Lipinski definition) is 0. The summed E-state index contributed by atoms with van der Waals surface area (Å²) in [6.07, 6.45) is 3.51. The minimum Gasteiger partial charge on any atom is -0.462 e. The van der Waals surface area contributed by atoms with E-state index in [1.165, 1.54) is 6.42 Å². The van der Waals surface area contributed by atoms with Crippen LogP contribution in [0.1, 0.15) is 48.1 Å². The minimum atomic E-state index is -0.371. The normalized spacial score (nSPS) is 15.3. The lowest BCUT2D eigenvalue weighted by molar-refractivity contribution is 0.0526. The molecule has 0 unspecified atom stereocenters. The van der Waals surface area contributed by atoms with Gasteiger partial charge in [0.15, 0.2) is 0 Å². The maximum absolute atomic E-state index is 12.3. The minimum absolute atomic E-state index is 0.330. The highest BCUT2D eigenvalue weighted by molar-refractivity contribution is 6.08. The highest BCUT2D eigenvalue weighted by atomic mass is 16.5. The molecule has 1 aliphatic heterocycles. The number of carbonyl (C=O) groups excluding carboxylic acids is 1. The van der Waals surface area contributed by atoms with Gasteiger partial charge in [0.1, 0.15) is 23.0 Å². The summed E-state index contributed by atoms with van der Waals surface area (Å²) in [6.45, 7) is 7.62. The molecule has 118 valence electrons. The van der Waals surface area contributed by atoms with Crippen LogP contribution in [0.25, 0.3) is 11.1 Å². The monoisotopic (exact) mass is 303 g/mol. The van der Waals surface area contributed by atoms with Crippen molar-refractivity contribution >= 4 is 22.9 Å². The number of rotatable bonds is 3. The molecule has 0 aliphatic carbocycles. The van der Waals surface area contributed by atoms with Crippen molar-refractivity contribution in [2.45, 2.75) is 40.0 Å². The summed E-state index contributed by atoms with van der Waals surface area (Å²) in [7, 11) is 0. The molecule has 6 nitrogen and oxygen atoms in total. The van der Waals surface area contributed by atoms with E-state index >= 15 is 0 Å². The average molecular weight is 303 g/mol. The van der Waals surface area contributed by atoms with Gasteiger partial charge in [0, 0.05) is 13.1 Å². The molecule has 0 atom stereocenters. The van der Waals surface area contributed by atoms with E-state index in [0.717, 1.165) is 31.7 Å². The summed E-state index contributed by atoms with van der Waals surface area (Å²) in [5.74, 6) is 1.61. The first kappa shape index (κ1) is 14.8. The number of carbonyl (C=O) groups is 1. The lowest BCUT2D eigenvalue weighted by Gasteiger charge is -2.28. The molecule has 3 heterocycles. The summed E-state index contributed by atoms with van der Waals surface area (Å²) in [6, 6.07) is 0. The van der Waals surface area contributed by atoms with Crippen molar-refractivity contribution in [3.63, 3.8) is 0 Å². The van der Waals surface area contributed by atoms with Crippen molar-refractivity contribution in [2.24, 2.45) is 0 Å². The van der Waals surface area contributed by atoms with Gasteiger partial charge in [-0.25, -0.2) is 9.78 Å². The number of esters is 1. The first-order valence-electron chi connectivity index (χ1n) is 7.81. The van der Waals surface area contributed by atoms with Crippen LogP contribution in [-0.4, -0.2) is 35.6 Å². The Labute approximate surface area is 129 Å². The van der Waals surface area contributed by atoms with E-state index in [9.17, 15) is 4.79 Å². The van der Waals surface area contributed by atoms with Crippen LogP contribution in [0.3, 0.4) is 0 Å². The molecule has 2 aromatic rings. The van der Waals surface area contributed by atoms with E-state index in [-0.39, 0.29) is 5.97 Å². The van der Waals surface area contributed by atoms with Gasteiger partial charge in [-0.1, -0.05) is 0 Å². The summed E-state index contributed by atoms with van der Waals surface area (Å²) in [5, 5.41) is 0.684. The number of ether oxygens (including phenoxy) is 1. The van der Waals surface area contributed by atoms with Gasteiger partial charge in [-0.3, -0.25) is 0 Å². The molecule has 0 radical (unpaired) electrons. The first-order chi connectivity index (χ1) is 10.6. The van der Waals surface area contributed by atoms with Crippen LogP contribution in [0.5, 0.6) is 0 Å². The van der Waals surface area contributed by atoms with Gasteiger partial charge in [-0.2, -0.15) is 4.98 Å². The Morgan fingerprint density at radius 1 is 1.23 bits per heavy atom. The smallest absolute Gasteiger partial charge is 0.342 e. The van der Waals surface area contributed by atoms with Crippen molar-refractivity contribution in [3.05, 3.63) is 17.1 Å². The van der Waals surface area contributed by atoms with Gasteiger partial charge in [-0.15, -0.1) is 0 Å². The maximum atomic E-state index is 12.3. The summed E-state index contributed by atoms with van der Waals surface area (Å²) < 4.78 is 10.9. The highest BCUT2D eigenvalue weighted by Gasteiger charge is 2.27. The quantitative estimate of drug-likeness (QED) is 0.812. The second-order valence-electron chi connectivity index (χ2n) is 5.58. The van der Waals surface area contributed by atoms with E-state index in [4.69, 9.17) is 9.15 Å². The average Bonchev–Trinajstić information content (AvgIpc) is 2.83. The van der Waals surface area contributed by atoms with E-state index in [1.54, 1.807) is 13.8 Å². The predicted molar refractivity (Wildman–Crippen MR) is 83.3 cm³/mol. The predicted octanol–water partition coefficient (Wildman–Crippen LogP) is 3.01. The summed E-state index contributed by atoms with van der Waals surface area (Å²) >= 11 is 0. The number of furan rings is 1. The second-order valence-corrected chi connectivity index (χ2v) is 5.58. The summed E-state index contributed by atoms with van der Waals surface area (Å²) in [5.41, 5.74) is 0.922. The van der Waals surface area contributed by atoms with Crippen molar-refractivity contribution in [2.75, 3.05) is 24.6 Å². The third-order valence-corrected chi connectivity index (χ3v) is 3.96. The molecule has 6 heteroatoms. The molecule has 0 bridgehead atoms. The molecule has 0 amide bonds. The Morgan fingerprint density at radius 3 is 2.64 bits per heavy atom. The molecular formula is C16H21N3O3. The van der Waals surface area contributed by atoms with Gasteiger partial charge in [-0.05, 0) is 40.0 Å². The molecule has 3 rings (SSSR count). The lowest BCUT2D eigenvalue weighted by atomic mass is 10.1. The fourth-order valence-electron chi connectivity index (χ4n) is 2.98. The van der Waals surface area contributed by atoms with Crippen LogP contribution in [0.15, 0.2) is 4.42 Å². The lowest BCUT2D eigenvalue weighted by Crippen LogP contribution is -2.30. The number of fused-ring (bicyclic) bond motifs is 1. The van der Waals surface area contributed by atoms with Gasteiger partial charge >= 0.3 is 5.97 Å². The Morgan fingerprint density at radius 2 is 1.95 bits per heavy atom. The zero-order valence-electron chi connectivity index (χ0n) is 13.3. The molecule has 2 aromatic heterocycles. The molecule has 1 aliphatic rings. The molecular weight excluding hydrogens is 282 g/mol. The standard InChI is InChI=1S/C16H21N3O3/c1-4-21-16(20)12-10(2)22-15-13(12)14(17-11(3)18-15)19-8-6-5-7-9-19/h4-9H2,1-3H3. The van der Waals surface area contributed by atoms with Gasteiger partial charge in [0.2, 0.25) is 5.71 Å². The van der Waals surface area contributed by atoms with E-state index < -0.39 is 0 Å². The van der Waals surface area contributed by atoms with Crippen molar-refractivity contribution < 1.29 is 13.9 Å². The van der Waals surface area contributed by atoms with E-state index in [2.05, 4.69) is 14.9 Å². The third kappa shape index (κ3) is 2.53. The Balaban J connectivity index is 2.18. The molecule has 0 N–H and O–H groups in total. The third-order valence-electron chi connectivity index (χ3n) is 3.96. The number of nitrogens with zero attached hydrogens (tertiary/aromatic N) is 3. The van der Waals surface area contributed by atoms with Crippen LogP contribution in [0.2, 0.25) is 0 Å². The molecule has 1 saturated heterocycles. The topological polar surface area (TPSA) is 68.5 Å². The Hall–Kier alpha value is -2.11. The molecule has 22 heavy (non-hydrogen) atoms. The number of hydrogen-bond acceptors (Lipinski definition) is 6. The first-order valence-corrected chi connectivity index (χ1v) is 7.81. The number of aromatic nitrogens is 2. The van der Waals surface area contributed by atoms with Crippen LogP contribution in [0, 0.1) is 13.8 Å². The van der Waals surface area contributed by atoms with Crippen molar-refractivity contribution in [1.29, 1.82) is 0 Å². The molecule has 1 fully saturated rings. The fourth-order valence-corrected chi connectivity index (χ4v) is 2.98. The van der Waals surface area contributed by atoms with Crippen LogP contribution in [-0.2, 0) is 4.74 Å². The fraction of sp³-hybridized carbons (Fsp3) is 0.562. The van der Waals surface area contributed by atoms with E-state index in [0.29, 0.717) is 34.9 Å². The van der Waals surface area contributed by atoms with Crippen LogP contribution < -0.4 is 4.90 Å². The number of piperidine rings is 1. The Kier molecular flexibility index (Phi) is 4.00. The van der Waals surface area contributed by atoms with Gasteiger partial charge in [0.05, 0.1) is 12.0 Å². The molecule has 0 saturated carbocycles. The van der Waals surface area contributed by atoms with Gasteiger partial charge < -0.3 is 14.1 Å². The molecule has 0 aromatic carbocycles. The SMILES string of the molecule is CCOC(=O)c1c(C)oc2nc(C)nc(N3CCCCC3)c12. The second kappa shape index (κ2) is 5.94. The highest BCUT2D eigenvalue weighted by Crippen LogP contribution is 2.33. The number of anilines is 1. The van der Waals surface area contributed by atoms with Gasteiger partial charge in [0.25, 0.3) is 0 Å². The zero-order valence-corrected chi connectivity index (χ0v) is 13.3. The van der Waals surface area contributed by atoms with Crippen molar-refractivity contribution in [1.82, 2.24) is 9.97 Å². The Bertz CT molecular complexity index is 702. The number of aryl methyl sites for hydroxylation is 2. The largest absolute Gasteiger partial charge is 0.462 e. The maximum Gasteiger partial charge on any atom is 0.342 e. The molecule has 0 spiro atoms. The zero-order chi connectivity index (χ0) is 15.7. The van der Waals surface area contributed by atoms with Crippen LogP contribution >= 0.6 is 0 Å².